The van der Waals surface area contributed by atoms with Gasteiger partial charge in [-0.2, -0.15) is 0 Å². The van der Waals surface area contributed by atoms with Crippen molar-refractivity contribution in [1.82, 2.24) is 0 Å². The number of Topliss-reactive ketones (excluding diaryl/α,β-unsaturated/α-hetero) is 1. The summed E-state index contributed by atoms with van der Waals surface area (Å²) < 4.78 is 0. The van der Waals surface area contributed by atoms with Gasteiger partial charge in [0.15, 0.2) is 5.78 Å². The Morgan fingerprint density at radius 3 is 2.56 bits per heavy atom. The molecule has 1 heterocycles. The van der Waals surface area contributed by atoms with Gasteiger partial charge in [0, 0.05) is 22.6 Å². The number of nitrogens with zero attached hydrogens (tertiary/aromatic N) is 1. The fraction of sp³-hybridized carbons (Fsp3) is 0.143. The highest BCUT2D eigenvalue weighted by atomic mass is 32.2. The van der Waals surface area contributed by atoms with Gasteiger partial charge in [0.1, 0.15) is 0 Å². The van der Waals surface area contributed by atoms with Gasteiger partial charge in [-0.3, -0.25) is 9.59 Å². The fourth-order valence-corrected chi connectivity index (χ4v) is 4.29. The standard InChI is InChI=1S/C21H17NO2S/c23-19(16-7-2-1-3-8-16)14-22-18-11-10-15-6-4-5-9-17(15)21(18)25-13-12-20(22)24/h1-11H,12-14H2. The summed E-state index contributed by atoms with van der Waals surface area (Å²) in [5.41, 5.74) is 1.48. The quantitative estimate of drug-likeness (QED) is 0.652. The smallest absolute Gasteiger partial charge is 0.228 e. The Morgan fingerprint density at radius 2 is 1.72 bits per heavy atom. The molecule has 1 aliphatic heterocycles. The second kappa shape index (κ2) is 6.73. The first-order chi connectivity index (χ1) is 12.2. The van der Waals surface area contributed by atoms with E-state index in [2.05, 4.69) is 12.1 Å². The SMILES string of the molecule is O=C(CN1C(=O)CCSc2c1ccc1ccccc21)c1ccccc1. The summed E-state index contributed by atoms with van der Waals surface area (Å²) in [5.74, 6) is 0.696. The molecule has 1 amide bonds. The molecule has 3 aromatic rings. The highest BCUT2D eigenvalue weighted by Gasteiger charge is 2.26. The van der Waals surface area contributed by atoms with Crippen molar-refractivity contribution in [3.05, 3.63) is 72.3 Å². The van der Waals surface area contributed by atoms with Gasteiger partial charge in [-0.05, 0) is 16.8 Å². The van der Waals surface area contributed by atoms with Crippen LogP contribution < -0.4 is 4.90 Å². The first-order valence-electron chi connectivity index (χ1n) is 8.27. The number of ketones is 1. The summed E-state index contributed by atoms with van der Waals surface area (Å²) in [6.07, 6.45) is 0.440. The van der Waals surface area contributed by atoms with Gasteiger partial charge in [0.05, 0.1) is 12.2 Å². The number of benzene rings is 3. The summed E-state index contributed by atoms with van der Waals surface area (Å²) in [4.78, 5) is 28.0. The van der Waals surface area contributed by atoms with Gasteiger partial charge in [-0.15, -0.1) is 11.8 Å². The summed E-state index contributed by atoms with van der Waals surface area (Å²) in [6, 6.07) is 21.3. The monoisotopic (exact) mass is 347 g/mol. The van der Waals surface area contributed by atoms with E-state index in [1.54, 1.807) is 28.8 Å². The maximum Gasteiger partial charge on any atom is 0.228 e. The molecule has 0 unspecified atom stereocenters. The van der Waals surface area contributed by atoms with Gasteiger partial charge >= 0.3 is 0 Å². The zero-order valence-corrected chi connectivity index (χ0v) is 14.5. The Kier molecular flexibility index (Phi) is 4.28. The molecule has 0 saturated heterocycles. The highest BCUT2D eigenvalue weighted by molar-refractivity contribution is 7.99. The average Bonchev–Trinajstić information content (AvgIpc) is 2.82. The van der Waals surface area contributed by atoms with Crippen LogP contribution in [0.3, 0.4) is 0 Å². The van der Waals surface area contributed by atoms with Crippen LogP contribution >= 0.6 is 11.8 Å². The van der Waals surface area contributed by atoms with E-state index in [-0.39, 0.29) is 18.2 Å². The number of carbonyl (C=O) groups excluding carboxylic acids is 2. The second-order valence-corrected chi connectivity index (χ2v) is 7.11. The largest absolute Gasteiger partial charge is 0.303 e. The maximum absolute atomic E-state index is 12.6. The number of amides is 1. The molecule has 0 fully saturated rings. The first-order valence-corrected chi connectivity index (χ1v) is 9.26. The van der Waals surface area contributed by atoms with Gasteiger partial charge in [-0.1, -0.05) is 60.7 Å². The van der Waals surface area contributed by atoms with E-state index in [0.717, 1.165) is 27.1 Å². The molecule has 0 aliphatic carbocycles. The Morgan fingerprint density at radius 1 is 0.960 bits per heavy atom. The van der Waals surface area contributed by atoms with Crippen molar-refractivity contribution < 1.29 is 9.59 Å². The minimum absolute atomic E-state index is 0.00538. The molecule has 1 aliphatic rings. The molecule has 0 spiro atoms. The molecular weight excluding hydrogens is 330 g/mol. The van der Waals surface area contributed by atoms with Crippen molar-refractivity contribution >= 4 is 39.9 Å². The van der Waals surface area contributed by atoms with Crippen LogP contribution in [0.5, 0.6) is 0 Å². The lowest BCUT2D eigenvalue weighted by atomic mass is 10.1. The molecule has 0 radical (unpaired) electrons. The third-order valence-electron chi connectivity index (χ3n) is 4.41. The van der Waals surface area contributed by atoms with Crippen molar-refractivity contribution in [3.8, 4) is 0 Å². The zero-order chi connectivity index (χ0) is 17.2. The molecule has 124 valence electrons. The molecule has 3 aromatic carbocycles. The summed E-state index contributed by atoms with van der Waals surface area (Å²) >= 11 is 1.70. The van der Waals surface area contributed by atoms with E-state index in [4.69, 9.17) is 0 Å². The van der Waals surface area contributed by atoms with Crippen molar-refractivity contribution in [2.24, 2.45) is 0 Å². The van der Waals surface area contributed by atoms with E-state index in [1.165, 1.54) is 0 Å². The van der Waals surface area contributed by atoms with E-state index < -0.39 is 0 Å². The van der Waals surface area contributed by atoms with Gasteiger partial charge in [-0.25, -0.2) is 0 Å². The molecule has 4 rings (SSSR count). The van der Waals surface area contributed by atoms with Crippen LogP contribution in [-0.4, -0.2) is 24.0 Å². The van der Waals surface area contributed by atoms with E-state index >= 15 is 0 Å². The van der Waals surface area contributed by atoms with Crippen LogP contribution in [0.1, 0.15) is 16.8 Å². The Bertz CT molecular complexity index is 953. The number of rotatable bonds is 3. The van der Waals surface area contributed by atoms with Crippen molar-refractivity contribution in [2.45, 2.75) is 11.3 Å². The third kappa shape index (κ3) is 3.05. The number of hydrogen-bond acceptors (Lipinski definition) is 3. The molecule has 0 bridgehead atoms. The Labute approximate surface area is 150 Å². The molecule has 4 heteroatoms. The Hall–Kier alpha value is -2.59. The van der Waals surface area contributed by atoms with Crippen LogP contribution in [0.4, 0.5) is 5.69 Å². The number of carbonyl (C=O) groups is 2. The topological polar surface area (TPSA) is 37.4 Å². The van der Waals surface area contributed by atoms with Crippen LogP contribution in [-0.2, 0) is 4.79 Å². The minimum Gasteiger partial charge on any atom is -0.303 e. The molecular formula is C21H17NO2S. The number of fused-ring (bicyclic) bond motifs is 3. The lowest BCUT2D eigenvalue weighted by Gasteiger charge is -2.23. The minimum atomic E-state index is -0.0417. The van der Waals surface area contributed by atoms with Crippen LogP contribution in [0.2, 0.25) is 0 Å². The normalized spacial score (nSPS) is 14.2. The van der Waals surface area contributed by atoms with Gasteiger partial charge < -0.3 is 4.90 Å². The van der Waals surface area contributed by atoms with Gasteiger partial charge in [0.25, 0.3) is 0 Å². The van der Waals surface area contributed by atoms with Crippen molar-refractivity contribution in [1.29, 1.82) is 0 Å². The van der Waals surface area contributed by atoms with Crippen molar-refractivity contribution in [3.63, 3.8) is 0 Å². The third-order valence-corrected chi connectivity index (χ3v) is 5.54. The van der Waals surface area contributed by atoms with E-state index in [1.807, 2.05) is 42.5 Å². The molecule has 25 heavy (non-hydrogen) atoms. The van der Waals surface area contributed by atoms with E-state index in [9.17, 15) is 9.59 Å². The fourth-order valence-electron chi connectivity index (χ4n) is 3.14. The molecule has 3 nitrogen and oxygen atoms in total. The Balaban J connectivity index is 1.76. The first kappa shape index (κ1) is 15.9. The number of thioether (sulfide) groups is 1. The van der Waals surface area contributed by atoms with E-state index in [0.29, 0.717) is 12.0 Å². The number of anilines is 1. The molecule has 0 saturated carbocycles. The van der Waals surface area contributed by atoms with Crippen molar-refractivity contribution in [2.75, 3.05) is 17.2 Å². The highest BCUT2D eigenvalue weighted by Crippen LogP contribution is 2.39. The molecule has 0 N–H and O–H groups in total. The number of hydrogen-bond donors (Lipinski definition) is 0. The molecule has 0 atom stereocenters. The average molecular weight is 347 g/mol. The predicted molar refractivity (Wildman–Crippen MR) is 102 cm³/mol. The second-order valence-electron chi connectivity index (χ2n) is 6.00. The van der Waals surface area contributed by atoms with Crippen LogP contribution in [0, 0.1) is 0 Å². The van der Waals surface area contributed by atoms with Crippen LogP contribution in [0.15, 0.2) is 71.6 Å². The maximum atomic E-state index is 12.6. The summed E-state index contributed by atoms with van der Waals surface area (Å²) in [7, 11) is 0. The lowest BCUT2D eigenvalue weighted by Crippen LogP contribution is -2.35. The predicted octanol–water partition coefficient (Wildman–Crippen LogP) is 4.55. The van der Waals surface area contributed by atoms with Crippen LogP contribution in [0.25, 0.3) is 10.8 Å². The lowest BCUT2D eigenvalue weighted by molar-refractivity contribution is -0.118. The molecule has 0 aromatic heterocycles. The van der Waals surface area contributed by atoms with Gasteiger partial charge in [0.2, 0.25) is 5.91 Å². The zero-order valence-electron chi connectivity index (χ0n) is 13.6. The summed E-state index contributed by atoms with van der Waals surface area (Å²) in [6.45, 7) is 0.0781. The summed E-state index contributed by atoms with van der Waals surface area (Å²) in [5, 5.41) is 2.29.